The van der Waals surface area contributed by atoms with Crippen molar-refractivity contribution in [2.24, 2.45) is 0 Å². The van der Waals surface area contributed by atoms with Gasteiger partial charge in [-0.25, -0.2) is 0 Å². The molecule has 0 bridgehead atoms. The van der Waals surface area contributed by atoms with Crippen molar-refractivity contribution in [2.45, 2.75) is 320 Å². The normalized spacial score (nSPS) is 13.8. The second kappa shape index (κ2) is 42.0. The molecule has 0 heterocycles. The van der Waals surface area contributed by atoms with E-state index in [1.54, 1.807) is 0 Å². The summed E-state index contributed by atoms with van der Waals surface area (Å²) in [6.07, 6.45) is 51.7. The number of unbranched alkanes of at least 4 members (excludes halogenated alkanes) is 36. The fraction of sp³-hybridized carbons (Fsp3) is 0.962. The van der Waals surface area contributed by atoms with E-state index in [0.29, 0.717) is 25.7 Å². The topological polar surface area (TPSA) is 74.6 Å². The molecular weight excluding hydrogens is 721 g/mol. The van der Waals surface area contributed by atoms with Gasteiger partial charge in [-0.15, -0.1) is 11.8 Å². The average Bonchev–Trinajstić information content (AvgIpc) is 3.20. The highest BCUT2D eigenvalue weighted by molar-refractivity contribution is 8.03. The maximum atomic E-state index is 13.5. The molecular formula is C52H102O4S. The third kappa shape index (κ3) is 32.7. The van der Waals surface area contributed by atoms with Crippen LogP contribution in [0.3, 0.4) is 0 Å². The van der Waals surface area contributed by atoms with E-state index in [9.17, 15) is 19.8 Å². The summed E-state index contributed by atoms with van der Waals surface area (Å²) in [6, 6.07) is 0. The smallest absolute Gasteiger partial charge is 0.319 e. The van der Waals surface area contributed by atoms with E-state index in [0.717, 1.165) is 77.0 Å². The van der Waals surface area contributed by atoms with Crippen molar-refractivity contribution in [3.05, 3.63) is 0 Å². The maximum Gasteiger partial charge on any atom is 0.319 e. The number of carboxylic acid groups (broad SMARTS) is 2. The molecule has 0 aromatic heterocycles. The average molecular weight is 823 g/mol. The molecule has 0 fully saturated rings. The lowest BCUT2D eigenvalue weighted by Crippen LogP contribution is -2.45. The van der Waals surface area contributed by atoms with Crippen molar-refractivity contribution in [3.63, 3.8) is 0 Å². The molecule has 0 saturated heterocycles. The molecule has 0 saturated carbocycles. The number of carbonyl (C=O) groups is 2. The van der Waals surface area contributed by atoms with Gasteiger partial charge >= 0.3 is 11.9 Å². The lowest BCUT2D eigenvalue weighted by molar-refractivity contribution is -0.140. The lowest BCUT2D eigenvalue weighted by atomic mass is 9.92. The predicted octanol–water partition coefficient (Wildman–Crippen LogP) is 18.6. The van der Waals surface area contributed by atoms with Crippen molar-refractivity contribution in [1.29, 1.82) is 0 Å². The van der Waals surface area contributed by atoms with E-state index in [1.807, 2.05) is 0 Å². The molecule has 0 amide bonds. The van der Waals surface area contributed by atoms with Crippen molar-refractivity contribution in [3.8, 4) is 0 Å². The third-order valence-electron chi connectivity index (χ3n) is 12.9. The van der Waals surface area contributed by atoms with E-state index in [-0.39, 0.29) is 0 Å². The zero-order valence-corrected chi connectivity index (χ0v) is 40.0. The van der Waals surface area contributed by atoms with E-state index < -0.39 is 21.4 Å². The second-order valence-corrected chi connectivity index (χ2v) is 20.2. The van der Waals surface area contributed by atoms with Crippen molar-refractivity contribution in [1.82, 2.24) is 0 Å². The summed E-state index contributed by atoms with van der Waals surface area (Å²) in [5.74, 6) is -1.52. The van der Waals surface area contributed by atoms with Crippen LogP contribution in [-0.4, -0.2) is 31.6 Å². The Morgan fingerprint density at radius 1 is 0.281 bits per heavy atom. The minimum Gasteiger partial charge on any atom is -0.480 e. The lowest BCUT2D eigenvalue weighted by Gasteiger charge is -2.39. The molecule has 0 aliphatic rings. The molecule has 4 nitrogen and oxygen atoms in total. The van der Waals surface area contributed by atoms with Crippen LogP contribution >= 0.6 is 11.8 Å². The van der Waals surface area contributed by atoms with Crippen LogP contribution in [0.5, 0.6) is 0 Å². The van der Waals surface area contributed by atoms with Crippen molar-refractivity contribution >= 4 is 23.7 Å². The van der Waals surface area contributed by atoms with Gasteiger partial charge in [0, 0.05) is 0 Å². The molecule has 0 aromatic rings. The molecule has 57 heavy (non-hydrogen) atoms. The Morgan fingerprint density at radius 3 is 0.561 bits per heavy atom. The van der Waals surface area contributed by atoms with Gasteiger partial charge in [0.25, 0.3) is 0 Å². The van der Waals surface area contributed by atoms with Gasteiger partial charge in [0.1, 0.15) is 9.49 Å². The number of aliphatic carboxylic acids is 2. The van der Waals surface area contributed by atoms with Crippen LogP contribution in [-0.2, 0) is 9.59 Å². The molecule has 340 valence electrons. The fourth-order valence-corrected chi connectivity index (χ4v) is 10.8. The number of rotatable bonds is 48. The highest BCUT2D eigenvalue weighted by Crippen LogP contribution is 2.49. The monoisotopic (exact) mass is 823 g/mol. The second-order valence-electron chi connectivity index (χ2n) is 18.4. The van der Waals surface area contributed by atoms with Crippen molar-refractivity contribution in [2.75, 3.05) is 0 Å². The highest BCUT2D eigenvalue weighted by atomic mass is 32.2. The minimum absolute atomic E-state index is 0.599. The van der Waals surface area contributed by atoms with E-state index >= 15 is 0 Å². The minimum atomic E-state index is -1.02. The quantitative estimate of drug-likeness (QED) is 0.0598. The molecule has 5 heteroatoms. The van der Waals surface area contributed by atoms with Crippen molar-refractivity contribution < 1.29 is 19.8 Å². The Labute approximate surface area is 361 Å². The summed E-state index contributed by atoms with van der Waals surface area (Å²) >= 11 is 1.41. The van der Waals surface area contributed by atoms with Gasteiger partial charge in [-0.1, -0.05) is 285 Å². The van der Waals surface area contributed by atoms with E-state index in [1.165, 1.54) is 192 Å². The van der Waals surface area contributed by atoms with Crippen LogP contribution in [0.15, 0.2) is 0 Å². The number of hydrogen-bond acceptors (Lipinski definition) is 3. The van der Waals surface area contributed by atoms with Gasteiger partial charge in [-0.3, -0.25) is 9.59 Å². The van der Waals surface area contributed by atoms with Crippen LogP contribution in [0.2, 0.25) is 0 Å². The van der Waals surface area contributed by atoms with Gasteiger partial charge in [0.05, 0.1) is 0 Å². The summed E-state index contributed by atoms with van der Waals surface area (Å²) in [4.78, 5) is 27.0. The van der Waals surface area contributed by atoms with Gasteiger partial charge < -0.3 is 10.2 Å². The first kappa shape index (κ1) is 56.3. The summed E-state index contributed by atoms with van der Waals surface area (Å²) in [5, 5.41) is 22.1. The first-order chi connectivity index (χ1) is 27.8. The Kier molecular flexibility index (Phi) is 41.5. The summed E-state index contributed by atoms with van der Waals surface area (Å²) in [5.41, 5.74) is 0. The zero-order valence-electron chi connectivity index (χ0n) is 39.2. The molecule has 0 rings (SSSR count). The zero-order chi connectivity index (χ0) is 42.0. The maximum absolute atomic E-state index is 13.5. The molecule has 2 unspecified atom stereocenters. The van der Waals surface area contributed by atoms with Gasteiger partial charge in [0.15, 0.2) is 0 Å². The van der Waals surface area contributed by atoms with Crippen LogP contribution in [0.1, 0.15) is 310 Å². The SMILES string of the molecule is CCCCCCCCCCCCCCCCC(CCCCCCCC)(SC(CCCCCCCC)(CCCCCCCCCCCCCCCC)C(=O)O)C(=O)O. The molecule has 0 aliphatic carbocycles. The Balaban J connectivity index is 5.38. The first-order valence-electron chi connectivity index (χ1n) is 26.0. The highest BCUT2D eigenvalue weighted by Gasteiger charge is 2.49. The standard InChI is InChI=1S/C52H102O4S/c1-5-9-13-17-21-23-25-27-29-31-33-35-39-43-47-51(49(53)54,45-41-37-19-15-11-7-3)57-52(50(55)56,46-42-38-20-16-12-8-4)48-44-40-36-34-32-30-28-26-24-22-18-14-10-6-2/h5-48H2,1-4H3,(H,53,54)(H,55,56). The number of thioether (sulfide) groups is 1. The largest absolute Gasteiger partial charge is 0.480 e. The van der Waals surface area contributed by atoms with Crippen LogP contribution in [0.4, 0.5) is 0 Å². The van der Waals surface area contributed by atoms with E-state index in [4.69, 9.17) is 0 Å². The Bertz CT molecular complexity index is 795. The molecule has 2 atom stereocenters. The molecule has 0 spiro atoms. The molecule has 0 aliphatic heterocycles. The number of carboxylic acids is 2. The Morgan fingerprint density at radius 2 is 0.421 bits per heavy atom. The Hall–Kier alpha value is -0.710. The van der Waals surface area contributed by atoms with Gasteiger partial charge in [-0.05, 0) is 25.7 Å². The predicted molar refractivity (Wildman–Crippen MR) is 254 cm³/mol. The van der Waals surface area contributed by atoms with Gasteiger partial charge in [-0.2, -0.15) is 0 Å². The van der Waals surface area contributed by atoms with Crippen LogP contribution < -0.4 is 0 Å². The fourth-order valence-electron chi connectivity index (χ4n) is 8.94. The van der Waals surface area contributed by atoms with Gasteiger partial charge in [0.2, 0.25) is 0 Å². The number of hydrogen-bond donors (Lipinski definition) is 2. The molecule has 0 radical (unpaired) electrons. The first-order valence-corrected chi connectivity index (χ1v) is 26.8. The third-order valence-corrected chi connectivity index (χ3v) is 14.9. The van der Waals surface area contributed by atoms with Crippen LogP contribution in [0.25, 0.3) is 0 Å². The molecule has 0 aromatic carbocycles. The molecule has 2 N–H and O–H groups in total. The summed E-state index contributed by atoms with van der Waals surface area (Å²) in [7, 11) is 0. The van der Waals surface area contributed by atoms with E-state index in [2.05, 4.69) is 27.7 Å². The summed E-state index contributed by atoms with van der Waals surface area (Å²) < 4.78 is -2.03. The summed E-state index contributed by atoms with van der Waals surface area (Å²) in [6.45, 7) is 9.02. The van der Waals surface area contributed by atoms with Crippen LogP contribution in [0, 0.1) is 0 Å².